The van der Waals surface area contributed by atoms with Gasteiger partial charge in [-0.25, -0.2) is 8.78 Å². The number of hydrogen-bond donors (Lipinski definition) is 0. The lowest BCUT2D eigenvalue weighted by molar-refractivity contribution is -0.112. The van der Waals surface area contributed by atoms with Crippen LogP contribution in [0.3, 0.4) is 0 Å². The number of hydrogen-bond acceptors (Lipinski definition) is 1. The molecule has 0 atom stereocenters. The second-order valence-electron chi connectivity index (χ2n) is 5.62. The Morgan fingerprint density at radius 1 is 0.696 bits per heavy atom. The van der Waals surface area contributed by atoms with Gasteiger partial charge in [0, 0.05) is 11.1 Å². The van der Waals surface area contributed by atoms with Crippen molar-refractivity contribution in [3.63, 3.8) is 0 Å². The summed E-state index contributed by atoms with van der Waals surface area (Å²) in [4.78, 5) is 12.6. The lowest BCUT2D eigenvalue weighted by Crippen LogP contribution is -2.12. The third-order valence-electron chi connectivity index (χ3n) is 3.90. The maximum Gasteiger partial charge on any atom is 0.185 e. The summed E-state index contributed by atoms with van der Waals surface area (Å²) in [5.74, 6) is -0.567. The highest BCUT2D eigenvalue weighted by molar-refractivity contribution is 6.13. The van der Waals surface area contributed by atoms with Gasteiger partial charge in [-0.2, -0.15) is 0 Å². The topological polar surface area (TPSA) is 17.1 Å². The highest BCUT2D eigenvalue weighted by Crippen LogP contribution is 2.28. The predicted molar refractivity (Wildman–Crippen MR) is 87.6 cm³/mol. The van der Waals surface area contributed by atoms with Crippen LogP contribution in [0.25, 0.3) is 12.2 Å². The first-order valence-electron chi connectivity index (χ1n) is 7.59. The van der Waals surface area contributed by atoms with Crippen molar-refractivity contribution >= 4 is 17.9 Å². The molecule has 1 aliphatic rings. The molecule has 23 heavy (non-hydrogen) atoms. The van der Waals surface area contributed by atoms with Crippen LogP contribution in [0.5, 0.6) is 0 Å². The monoisotopic (exact) mass is 310 g/mol. The number of benzene rings is 2. The number of allylic oxidation sites excluding steroid dienone is 2. The standard InChI is InChI=1S/C20H16F2O/c21-18-8-4-14(5-9-18)12-16-2-1-3-17(20(16)23)13-15-6-10-19(22)11-7-15/h4-13H,1-3H2/b16-12-,17-13-. The van der Waals surface area contributed by atoms with E-state index < -0.39 is 0 Å². The average molecular weight is 310 g/mol. The molecule has 0 heterocycles. The Kier molecular flexibility index (Phi) is 4.47. The zero-order valence-electron chi connectivity index (χ0n) is 12.6. The molecule has 1 fully saturated rings. The number of Topliss-reactive ketones (excluding diaryl/α,β-unsaturated/α-hetero) is 1. The first-order chi connectivity index (χ1) is 11.1. The Balaban J connectivity index is 1.86. The van der Waals surface area contributed by atoms with Crippen molar-refractivity contribution in [3.8, 4) is 0 Å². The van der Waals surface area contributed by atoms with Crippen molar-refractivity contribution in [1.82, 2.24) is 0 Å². The lowest BCUT2D eigenvalue weighted by atomic mass is 9.87. The molecule has 0 aliphatic heterocycles. The summed E-state index contributed by atoms with van der Waals surface area (Å²) in [7, 11) is 0. The van der Waals surface area contributed by atoms with Gasteiger partial charge in [-0.1, -0.05) is 24.3 Å². The highest BCUT2D eigenvalue weighted by atomic mass is 19.1. The molecule has 0 unspecified atom stereocenters. The highest BCUT2D eigenvalue weighted by Gasteiger charge is 2.20. The number of rotatable bonds is 2. The molecule has 1 nitrogen and oxygen atoms in total. The van der Waals surface area contributed by atoms with E-state index in [1.54, 1.807) is 24.3 Å². The van der Waals surface area contributed by atoms with Crippen LogP contribution in [-0.4, -0.2) is 5.78 Å². The predicted octanol–water partition coefficient (Wildman–Crippen LogP) is 5.18. The molecule has 116 valence electrons. The van der Waals surface area contributed by atoms with Crippen LogP contribution in [0.1, 0.15) is 30.4 Å². The minimum absolute atomic E-state index is 0.0184. The zero-order valence-corrected chi connectivity index (χ0v) is 12.6. The third kappa shape index (κ3) is 3.81. The summed E-state index contributed by atoms with van der Waals surface area (Å²) in [6.07, 6.45) is 5.97. The van der Waals surface area contributed by atoms with Crippen LogP contribution >= 0.6 is 0 Å². The van der Waals surface area contributed by atoms with Crippen molar-refractivity contribution in [1.29, 1.82) is 0 Å². The van der Waals surface area contributed by atoms with E-state index in [9.17, 15) is 13.6 Å². The summed E-state index contributed by atoms with van der Waals surface area (Å²) in [6.45, 7) is 0. The molecule has 2 aromatic rings. The van der Waals surface area contributed by atoms with Gasteiger partial charge >= 0.3 is 0 Å². The lowest BCUT2D eigenvalue weighted by Gasteiger charge is -2.16. The summed E-state index contributed by atoms with van der Waals surface area (Å²) in [5.41, 5.74) is 3.10. The molecule has 0 bridgehead atoms. The van der Waals surface area contributed by atoms with Gasteiger partial charge < -0.3 is 0 Å². The van der Waals surface area contributed by atoms with Crippen molar-refractivity contribution in [2.75, 3.05) is 0 Å². The van der Waals surface area contributed by atoms with E-state index in [-0.39, 0.29) is 17.4 Å². The van der Waals surface area contributed by atoms with Gasteiger partial charge in [0.1, 0.15) is 11.6 Å². The second-order valence-corrected chi connectivity index (χ2v) is 5.62. The molecule has 0 spiro atoms. The molecule has 0 radical (unpaired) electrons. The number of halogens is 2. The maximum absolute atomic E-state index is 13.0. The smallest absolute Gasteiger partial charge is 0.185 e. The fourth-order valence-electron chi connectivity index (χ4n) is 2.70. The largest absolute Gasteiger partial charge is 0.289 e. The molecular formula is C20H16F2O. The zero-order chi connectivity index (χ0) is 16.2. The molecule has 1 saturated carbocycles. The van der Waals surface area contributed by atoms with E-state index in [4.69, 9.17) is 0 Å². The summed E-state index contributed by atoms with van der Waals surface area (Å²) in [5, 5.41) is 0. The van der Waals surface area contributed by atoms with Crippen molar-refractivity contribution in [2.45, 2.75) is 19.3 Å². The maximum atomic E-state index is 13.0. The fourth-order valence-corrected chi connectivity index (χ4v) is 2.70. The molecule has 3 rings (SSSR count). The van der Waals surface area contributed by atoms with Gasteiger partial charge in [0.05, 0.1) is 0 Å². The summed E-state index contributed by atoms with van der Waals surface area (Å²) in [6, 6.07) is 12.2. The molecule has 0 aromatic heterocycles. The fraction of sp³-hybridized carbons (Fsp3) is 0.150. The minimum atomic E-state index is -0.293. The van der Waals surface area contributed by atoms with Gasteiger partial charge in [0.25, 0.3) is 0 Å². The Hall–Kier alpha value is -2.55. The Morgan fingerprint density at radius 3 is 1.48 bits per heavy atom. The van der Waals surface area contributed by atoms with Gasteiger partial charge in [-0.15, -0.1) is 0 Å². The molecule has 0 N–H and O–H groups in total. The summed E-state index contributed by atoms with van der Waals surface area (Å²) >= 11 is 0. The number of carbonyl (C=O) groups excluding carboxylic acids is 1. The molecule has 3 heteroatoms. The Bertz CT molecular complexity index is 703. The van der Waals surface area contributed by atoms with E-state index in [0.717, 1.165) is 41.5 Å². The van der Waals surface area contributed by atoms with Crippen molar-refractivity contribution < 1.29 is 13.6 Å². The summed E-state index contributed by atoms with van der Waals surface area (Å²) < 4.78 is 25.9. The quantitative estimate of drug-likeness (QED) is 0.698. The van der Waals surface area contributed by atoms with Crippen LogP contribution in [-0.2, 0) is 4.79 Å². The molecule has 1 aliphatic carbocycles. The second kappa shape index (κ2) is 6.69. The van der Waals surface area contributed by atoms with Crippen LogP contribution < -0.4 is 0 Å². The van der Waals surface area contributed by atoms with E-state index >= 15 is 0 Å². The first-order valence-corrected chi connectivity index (χ1v) is 7.59. The average Bonchev–Trinajstić information content (AvgIpc) is 2.55. The van der Waals surface area contributed by atoms with Gasteiger partial charge in [0.2, 0.25) is 0 Å². The van der Waals surface area contributed by atoms with Gasteiger partial charge in [-0.3, -0.25) is 4.79 Å². The van der Waals surface area contributed by atoms with Crippen LogP contribution in [0, 0.1) is 11.6 Å². The van der Waals surface area contributed by atoms with Crippen LogP contribution in [0.15, 0.2) is 59.7 Å². The molecule has 0 amide bonds. The SMILES string of the molecule is O=C1/C(=C\c2ccc(F)cc2)CCC/C1=C/c1ccc(F)cc1. The molecule has 0 saturated heterocycles. The number of carbonyl (C=O) groups is 1. The van der Waals surface area contributed by atoms with Crippen LogP contribution in [0.4, 0.5) is 8.78 Å². The third-order valence-corrected chi connectivity index (χ3v) is 3.90. The van der Waals surface area contributed by atoms with E-state index in [0.29, 0.717) is 0 Å². The van der Waals surface area contributed by atoms with Gasteiger partial charge in [0.15, 0.2) is 5.78 Å². The van der Waals surface area contributed by atoms with E-state index in [1.165, 1.54) is 24.3 Å². The molecular weight excluding hydrogens is 294 g/mol. The van der Waals surface area contributed by atoms with E-state index in [2.05, 4.69) is 0 Å². The minimum Gasteiger partial charge on any atom is -0.289 e. The van der Waals surface area contributed by atoms with Gasteiger partial charge in [-0.05, 0) is 66.8 Å². The van der Waals surface area contributed by atoms with Crippen molar-refractivity contribution in [3.05, 3.63) is 82.4 Å². The Labute approximate surface area is 134 Å². The number of ketones is 1. The van der Waals surface area contributed by atoms with E-state index in [1.807, 2.05) is 12.2 Å². The first kappa shape index (κ1) is 15.3. The Morgan fingerprint density at radius 2 is 1.09 bits per heavy atom. The normalized spacial score (nSPS) is 18.6. The van der Waals surface area contributed by atoms with Crippen molar-refractivity contribution in [2.24, 2.45) is 0 Å². The molecule has 2 aromatic carbocycles. The van der Waals surface area contributed by atoms with Crippen LogP contribution in [0.2, 0.25) is 0 Å².